The van der Waals surface area contributed by atoms with Crippen LogP contribution in [0.4, 0.5) is 10.5 Å². The smallest absolute Gasteiger partial charge is 0.407 e. The quantitative estimate of drug-likeness (QED) is 0.221. The largest absolute Gasteiger partial charge is 0.453 e. The molecule has 1 heterocycles. The number of nitrogens with zero attached hydrogens (tertiary/aromatic N) is 1. The first-order valence-electron chi connectivity index (χ1n) is 15.3. The maximum absolute atomic E-state index is 14.0. The van der Waals surface area contributed by atoms with Gasteiger partial charge in [-0.3, -0.25) is 4.79 Å². The van der Waals surface area contributed by atoms with Crippen LogP contribution >= 0.6 is 0 Å². The molecule has 242 valence electrons. The molecular weight excluding hydrogens is 574 g/mol. The van der Waals surface area contributed by atoms with E-state index in [0.29, 0.717) is 25.1 Å². The summed E-state index contributed by atoms with van der Waals surface area (Å²) in [5, 5.41) is 26.4. The van der Waals surface area contributed by atoms with Crippen molar-refractivity contribution >= 4 is 17.7 Å². The summed E-state index contributed by atoms with van der Waals surface area (Å²) in [6.45, 7) is 6.05. The van der Waals surface area contributed by atoms with Gasteiger partial charge in [0.25, 0.3) is 0 Å². The molecule has 1 fully saturated rings. The predicted molar refractivity (Wildman–Crippen MR) is 172 cm³/mol. The van der Waals surface area contributed by atoms with E-state index < -0.39 is 30.1 Å². The number of carbonyl (C=O) groups is 2. The van der Waals surface area contributed by atoms with Crippen LogP contribution in [0.2, 0.25) is 0 Å². The zero-order valence-corrected chi connectivity index (χ0v) is 26.4. The molecule has 0 spiro atoms. The van der Waals surface area contributed by atoms with Gasteiger partial charge in [0, 0.05) is 18.2 Å². The summed E-state index contributed by atoms with van der Waals surface area (Å²) in [5.74, 6) is -0.875. The molecule has 1 aliphatic rings. The van der Waals surface area contributed by atoms with E-state index in [1.807, 2.05) is 106 Å². The monoisotopic (exact) mass is 619 g/mol. The van der Waals surface area contributed by atoms with Crippen LogP contribution in [0.3, 0.4) is 0 Å². The van der Waals surface area contributed by atoms with E-state index in [-0.39, 0.29) is 31.3 Å². The zero-order chi connectivity index (χ0) is 32.4. The molecule has 2 amide bonds. The second-order valence-corrected chi connectivity index (χ2v) is 12.1. The highest BCUT2D eigenvalue weighted by molar-refractivity contribution is 5.98. The molecule has 10 heteroatoms. The summed E-state index contributed by atoms with van der Waals surface area (Å²) < 4.78 is 16.7. The highest BCUT2D eigenvalue weighted by atomic mass is 16.6. The third-order valence-corrected chi connectivity index (χ3v) is 7.76. The van der Waals surface area contributed by atoms with E-state index in [1.165, 1.54) is 7.11 Å². The molecule has 4 N–H and O–H groups in total. The number of hydrogen-bond acceptors (Lipinski definition) is 8. The number of methoxy groups -OCH3 is 1. The Morgan fingerprint density at radius 3 is 2.16 bits per heavy atom. The van der Waals surface area contributed by atoms with Crippen molar-refractivity contribution in [3.8, 4) is 0 Å². The van der Waals surface area contributed by atoms with Crippen molar-refractivity contribution in [3.63, 3.8) is 0 Å². The van der Waals surface area contributed by atoms with Crippen molar-refractivity contribution in [1.29, 1.82) is 0 Å². The lowest BCUT2D eigenvalue weighted by Crippen LogP contribution is -2.57. The Morgan fingerprint density at radius 1 is 0.978 bits per heavy atom. The molecule has 3 aromatic rings. The fourth-order valence-electron chi connectivity index (χ4n) is 5.54. The highest BCUT2D eigenvalue weighted by Crippen LogP contribution is 2.30. The van der Waals surface area contributed by atoms with Crippen LogP contribution in [0.25, 0.3) is 0 Å². The topological polar surface area (TPSA) is 130 Å². The summed E-state index contributed by atoms with van der Waals surface area (Å²) in [7, 11) is 1.27. The Hall–Kier alpha value is -3.80. The fourth-order valence-corrected chi connectivity index (χ4v) is 5.54. The lowest BCUT2D eigenvalue weighted by atomic mass is 9.84. The van der Waals surface area contributed by atoms with E-state index >= 15 is 0 Å². The van der Waals surface area contributed by atoms with Gasteiger partial charge in [0.05, 0.1) is 38.1 Å². The lowest BCUT2D eigenvalue weighted by Gasteiger charge is -2.42. The zero-order valence-electron chi connectivity index (χ0n) is 26.4. The first-order chi connectivity index (χ1) is 21.6. The first-order valence-corrected chi connectivity index (χ1v) is 15.3. The minimum atomic E-state index is -1.18. The molecule has 0 saturated carbocycles. The number of alkyl carbamates (subject to hydrolysis) is 1. The van der Waals surface area contributed by atoms with E-state index in [9.17, 15) is 19.8 Å². The van der Waals surface area contributed by atoms with Gasteiger partial charge in [0.1, 0.15) is 6.04 Å². The number of amides is 2. The third-order valence-electron chi connectivity index (χ3n) is 7.76. The summed E-state index contributed by atoms with van der Waals surface area (Å²) in [6.07, 6.45) is -0.946. The average Bonchev–Trinajstić information content (AvgIpc) is 3.04. The lowest BCUT2D eigenvalue weighted by molar-refractivity contribution is -0.271. The number of hydrogen-bond donors (Lipinski definition) is 4. The maximum atomic E-state index is 14.0. The molecule has 4 rings (SSSR count). The van der Waals surface area contributed by atoms with E-state index in [2.05, 4.69) is 10.6 Å². The molecule has 3 aromatic carbocycles. The Morgan fingerprint density at radius 2 is 1.58 bits per heavy atom. The maximum Gasteiger partial charge on any atom is 0.407 e. The van der Waals surface area contributed by atoms with Gasteiger partial charge in [-0.1, -0.05) is 78.9 Å². The normalized spacial score (nSPS) is 18.6. The van der Waals surface area contributed by atoms with Crippen molar-refractivity contribution in [2.24, 2.45) is 0 Å². The molecule has 45 heavy (non-hydrogen) atoms. The number of nitrogens with one attached hydrogen (secondary N) is 2. The van der Waals surface area contributed by atoms with Crippen molar-refractivity contribution in [2.75, 3.05) is 32.2 Å². The van der Waals surface area contributed by atoms with Crippen LogP contribution < -0.4 is 10.6 Å². The van der Waals surface area contributed by atoms with Crippen LogP contribution in [-0.4, -0.2) is 84.2 Å². The van der Waals surface area contributed by atoms with Gasteiger partial charge in [-0.2, -0.15) is 0 Å². The standard InChI is InChI=1S/C35H45N3O7/c1-35(2,3)45-34(42)38-21-28(44-23-27(38)22-39)20-19-24-13-11-12-18-29(24)36-32(40)31(37-33(41)43-4)30(25-14-7-5-8-15-25)26-16-9-6-10-17-26/h5-18,27-28,30-31,34,39,42H,19-23H2,1-4H3,(H,36,40)(H,37,41)/t27-,28-,31+,34?/m1/s1. The van der Waals surface area contributed by atoms with Crippen molar-refractivity contribution in [3.05, 3.63) is 102 Å². The van der Waals surface area contributed by atoms with E-state index in [0.717, 1.165) is 16.7 Å². The number of carbonyl (C=O) groups excluding carboxylic acids is 2. The minimum Gasteiger partial charge on any atom is -0.453 e. The molecule has 1 saturated heterocycles. The van der Waals surface area contributed by atoms with Crippen molar-refractivity contribution < 1.29 is 34.0 Å². The van der Waals surface area contributed by atoms with Gasteiger partial charge < -0.3 is 35.1 Å². The predicted octanol–water partition coefficient (Wildman–Crippen LogP) is 4.27. The molecule has 0 radical (unpaired) electrons. The minimum absolute atomic E-state index is 0.167. The number of aryl methyl sites for hydroxylation is 1. The Kier molecular flexibility index (Phi) is 12.1. The summed E-state index contributed by atoms with van der Waals surface area (Å²) in [5.41, 5.74) is 2.68. The van der Waals surface area contributed by atoms with Gasteiger partial charge in [0.15, 0.2) is 0 Å². The number of aliphatic hydroxyl groups is 2. The van der Waals surface area contributed by atoms with E-state index in [4.69, 9.17) is 14.2 Å². The molecule has 0 bridgehead atoms. The summed E-state index contributed by atoms with van der Waals surface area (Å²) in [6, 6.07) is 25.3. The van der Waals surface area contributed by atoms with Gasteiger partial charge in [-0.05, 0) is 56.4 Å². The molecule has 1 unspecified atom stereocenters. The Labute approximate surface area is 265 Å². The Bertz CT molecular complexity index is 1330. The number of benzene rings is 3. The molecule has 4 atom stereocenters. The number of aliphatic hydroxyl groups excluding tert-OH is 2. The van der Waals surface area contributed by atoms with E-state index in [1.54, 1.807) is 4.90 Å². The molecule has 10 nitrogen and oxygen atoms in total. The average molecular weight is 620 g/mol. The van der Waals surface area contributed by atoms with Crippen molar-refractivity contribution in [2.45, 2.75) is 69.7 Å². The van der Waals surface area contributed by atoms with Crippen molar-refractivity contribution in [1.82, 2.24) is 10.2 Å². The highest BCUT2D eigenvalue weighted by Gasteiger charge is 2.36. The first kappa shape index (κ1) is 34.1. The van der Waals surface area contributed by atoms with Crippen LogP contribution in [0.5, 0.6) is 0 Å². The second kappa shape index (κ2) is 16.0. The SMILES string of the molecule is COC(=O)N[C@H](C(=O)Nc1ccccc1CC[C@@H]1CN(C(O)OC(C)(C)C)[C@H](CO)CO1)C(c1ccccc1)c1ccccc1. The van der Waals surface area contributed by atoms with Crippen LogP contribution in [0, 0.1) is 0 Å². The summed E-state index contributed by atoms with van der Waals surface area (Å²) >= 11 is 0. The number of morpholine rings is 1. The van der Waals surface area contributed by atoms with Crippen LogP contribution in [0.1, 0.15) is 49.8 Å². The summed E-state index contributed by atoms with van der Waals surface area (Å²) in [4.78, 5) is 28.3. The van der Waals surface area contributed by atoms with Gasteiger partial charge >= 0.3 is 6.09 Å². The second-order valence-electron chi connectivity index (χ2n) is 12.1. The van der Waals surface area contributed by atoms with Gasteiger partial charge in [-0.25, -0.2) is 9.69 Å². The molecule has 0 aliphatic carbocycles. The molecular formula is C35H45N3O7. The van der Waals surface area contributed by atoms with Crippen LogP contribution in [0.15, 0.2) is 84.9 Å². The molecule has 1 aliphatic heterocycles. The molecule has 0 aromatic heterocycles. The van der Waals surface area contributed by atoms with Crippen LogP contribution in [-0.2, 0) is 25.4 Å². The number of para-hydroxylation sites is 1. The fraction of sp³-hybridized carbons (Fsp3) is 0.429. The third kappa shape index (κ3) is 9.59. The number of ether oxygens (including phenoxy) is 3. The number of rotatable bonds is 12. The van der Waals surface area contributed by atoms with Gasteiger partial charge in [0.2, 0.25) is 12.3 Å². The number of anilines is 1. The Balaban J connectivity index is 1.52. The van der Waals surface area contributed by atoms with Gasteiger partial charge in [-0.15, -0.1) is 0 Å².